The lowest BCUT2D eigenvalue weighted by Crippen LogP contribution is -2.57. The third-order valence-corrected chi connectivity index (χ3v) is 5.53. The van der Waals surface area contributed by atoms with E-state index in [4.69, 9.17) is 0 Å². The summed E-state index contributed by atoms with van der Waals surface area (Å²) in [7, 11) is 0. The van der Waals surface area contributed by atoms with E-state index in [0.717, 1.165) is 25.2 Å². The average molecular weight is 351 g/mol. The quantitative estimate of drug-likeness (QED) is 0.811. The van der Waals surface area contributed by atoms with Gasteiger partial charge in [-0.3, -0.25) is 9.80 Å². The summed E-state index contributed by atoms with van der Waals surface area (Å²) in [6, 6.07) is 17.3. The minimum Gasteiger partial charge on any atom is -0.508 e. The minimum absolute atomic E-state index is 0.145. The van der Waals surface area contributed by atoms with Crippen LogP contribution in [0, 0.1) is 6.92 Å². The molecule has 3 atom stereocenters. The largest absolute Gasteiger partial charge is 0.508 e. The normalized spacial score (nSPS) is 22.9. The summed E-state index contributed by atoms with van der Waals surface area (Å²) in [6.45, 7) is 13.6. The zero-order valence-corrected chi connectivity index (χ0v) is 16.1. The van der Waals surface area contributed by atoms with Crippen LogP contribution in [0.2, 0.25) is 0 Å². The smallest absolute Gasteiger partial charge is 0.115 e. The molecule has 0 spiro atoms. The molecular formula is C23H30N2O. The van der Waals surface area contributed by atoms with Gasteiger partial charge in [0.15, 0.2) is 0 Å². The van der Waals surface area contributed by atoms with E-state index in [0.29, 0.717) is 17.8 Å². The van der Waals surface area contributed by atoms with Crippen molar-refractivity contribution < 1.29 is 5.11 Å². The first kappa shape index (κ1) is 18.7. The molecule has 0 bridgehead atoms. The molecule has 0 amide bonds. The van der Waals surface area contributed by atoms with Crippen molar-refractivity contribution in [1.29, 1.82) is 0 Å². The number of phenols is 1. The number of hydrogen-bond acceptors (Lipinski definition) is 3. The highest BCUT2D eigenvalue weighted by atomic mass is 16.3. The maximum Gasteiger partial charge on any atom is 0.115 e. The molecule has 3 nitrogen and oxygen atoms in total. The number of aryl methyl sites for hydroxylation is 1. The van der Waals surface area contributed by atoms with Crippen molar-refractivity contribution in [2.75, 3.05) is 19.6 Å². The van der Waals surface area contributed by atoms with Gasteiger partial charge in [-0.25, -0.2) is 0 Å². The molecule has 1 heterocycles. The highest BCUT2D eigenvalue weighted by Crippen LogP contribution is 2.35. The van der Waals surface area contributed by atoms with Gasteiger partial charge in [0.1, 0.15) is 5.75 Å². The van der Waals surface area contributed by atoms with Crippen LogP contribution in [-0.2, 0) is 0 Å². The van der Waals surface area contributed by atoms with Crippen LogP contribution >= 0.6 is 0 Å². The maximum absolute atomic E-state index is 10.1. The Labute approximate surface area is 157 Å². The monoisotopic (exact) mass is 350 g/mol. The van der Waals surface area contributed by atoms with Gasteiger partial charge in [-0.1, -0.05) is 42.5 Å². The Balaban J connectivity index is 2.01. The molecule has 1 unspecified atom stereocenters. The van der Waals surface area contributed by atoms with E-state index in [2.05, 4.69) is 67.5 Å². The summed E-state index contributed by atoms with van der Waals surface area (Å²) < 4.78 is 0. The highest BCUT2D eigenvalue weighted by Gasteiger charge is 2.34. The van der Waals surface area contributed by atoms with E-state index in [-0.39, 0.29) is 6.04 Å². The molecule has 0 aromatic heterocycles. The van der Waals surface area contributed by atoms with Crippen LogP contribution < -0.4 is 0 Å². The number of aromatic hydroxyl groups is 1. The first-order valence-corrected chi connectivity index (χ1v) is 9.46. The van der Waals surface area contributed by atoms with Crippen molar-refractivity contribution in [3.8, 4) is 5.75 Å². The molecule has 1 fully saturated rings. The van der Waals surface area contributed by atoms with Crippen molar-refractivity contribution in [3.63, 3.8) is 0 Å². The molecule has 0 aliphatic carbocycles. The van der Waals surface area contributed by atoms with Crippen LogP contribution in [0.15, 0.2) is 61.2 Å². The van der Waals surface area contributed by atoms with E-state index in [1.54, 1.807) is 6.07 Å². The zero-order valence-electron chi connectivity index (χ0n) is 16.1. The second-order valence-electron chi connectivity index (χ2n) is 7.49. The molecule has 26 heavy (non-hydrogen) atoms. The Morgan fingerprint density at radius 2 is 1.88 bits per heavy atom. The van der Waals surface area contributed by atoms with Gasteiger partial charge in [0.25, 0.3) is 0 Å². The average Bonchev–Trinajstić information content (AvgIpc) is 2.61. The fourth-order valence-electron chi connectivity index (χ4n) is 4.14. The summed E-state index contributed by atoms with van der Waals surface area (Å²) in [6.07, 6.45) is 1.99. The Hall–Kier alpha value is -2.10. The van der Waals surface area contributed by atoms with Gasteiger partial charge in [0, 0.05) is 31.7 Å². The number of phenolic OH excluding ortho intramolecular Hbond substituents is 1. The molecule has 1 N–H and O–H groups in total. The highest BCUT2D eigenvalue weighted by molar-refractivity contribution is 5.40. The third kappa shape index (κ3) is 3.84. The molecular weight excluding hydrogens is 320 g/mol. The molecule has 138 valence electrons. The molecule has 0 saturated carbocycles. The van der Waals surface area contributed by atoms with Crippen molar-refractivity contribution in [1.82, 2.24) is 9.80 Å². The third-order valence-electron chi connectivity index (χ3n) is 5.53. The van der Waals surface area contributed by atoms with E-state index in [1.165, 1.54) is 11.1 Å². The standard InChI is InChI=1S/C23H30N2O/c1-5-13-24-15-19(4)25(16-18(24)3)23(20-10-8-11-21(26)14-20)22-12-7-6-9-17(22)2/h5-12,14,18-19,23,26H,1,13,15-16H2,2-4H3/t18-,19-,23?/m0/s1. The first-order chi connectivity index (χ1) is 12.5. The molecule has 1 aliphatic heterocycles. The van der Waals surface area contributed by atoms with Gasteiger partial charge >= 0.3 is 0 Å². The number of nitrogens with zero attached hydrogens (tertiary/aromatic N) is 2. The molecule has 2 aromatic carbocycles. The zero-order chi connectivity index (χ0) is 18.7. The predicted molar refractivity (Wildman–Crippen MR) is 109 cm³/mol. The lowest BCUT2D eigenvalue weighted by Gasteiger charge is -2.47. The van der Waals surface area contributed by atoms with Crippen LogP contribution in [0.1, 0.15) is 36.6 Å². The second kappa shape index (κ2) is 8.07. The summed E-state index contributed by atoms with van der Waals surface area (Å²) in [5.74, 6) is 0.326. The van der Waals surface area contributed by atoms with Crippen molar-refractivity contribution in [2.45, 2.75) is 38.9 Å². The first-order valence-electron chi connectivity index (χ1n) is 9.46. The van der Waals surface area contributed by atoms with E-state index in [1.807, 2.05) is 18.2 Å². The number of piperazine rings is 1. The number of benzene rings is 2. The van der Waals surface area contributed by atoms with E-state index >= 15 is 0 Å². The minimum atomic E-state index is 0.145. The van der Waals surface area contributed by atoms with Crippen molar-refractivity contribution >= 4 is 0 Å². The maximum atomic E-state index is 10.1. The molecule has 1 aliphatic rings. The van der Waals surface area contributed by atoms with Crippen LogP contribution in [0.4, 0.5) is 0 Å². The summed E-state index contributed by atoms with van der Waals surface area (Å²) >= 11 is 0. The SMILES string of the molecule is C=CCN1C[C@H](C)N(C(c2cccc(O)c2)c2ccccc2C)C[C@@H]1C. The van der Waals surface area contributed by atoms with Gasteiger partial charge in [0.2, 0.25) is 0 Å². The fourth-order valence-corrected chi connectivity index (χ4v) is 4.14. The molecule has 1 saturated heterocycles. The Bertz CT molecular complexity index is 757. The summed E-state index contributed by atoms with van der Waals surface area (Å²) in [5.41, 5.74) is 3.75. The number of hydrogen-bond donors (Lipinski definition) is 1. The Morgan fingerprint density at radius 1 is 1.12 bits per heavy atom. The second-order valence-corrected chi connectivity index (χ2v) is 7.49. The van der Waals surface area contributed by atoms with Crippen LogP contribution in [0.25, 0.3) is 0 Å². The Morgan fingerprint density at radius 3 is 2.58 bits per heavy atom. The van der Waals surface area contributed by atoms with Gasteiger partial charge in [0.05, 0.1) is 6.04 Å². The van der Waals surface area contributed by atoms with Gasteiger partial charge in [-0.05, 0) is 49.6 Å². The Kier molecular flexibility index (Phi) is 5.80. The van der Waals surface area contributed by atoms with E-state index in [9.17, 15) is 5.11 Å². The molecule has 3 heteroatoms. The molecule has 2 aromatic rings. The summed E-state index contributed by atoms with van der Waals surface area (Å²) in [5, 5.41) is 10.1. The lowest BCUT2D eigenvalue weighted by atomic mass is 9.91. The van der Waals surface area contributed by atoms with Crippen LogP contribution in [0.5, 0.6) is 5.75 Å². The number of rotatable bonds is 5. The molecule has 0 radical (unpaired) electrons. The predicted octanol–water partition coefficient (Wildman–Crippen LogP) is 4.37. The van der Waals surface area contributed by atoms with Gasteiger partial charge in [-0.2, -0.15) is 0 Å². The van der Waals surface area contributed by atoms with Crippen molar-refractivity contribution in [3.05, 3.63) is 77.9 Å². The van der Waals surface area contributed by atoms with Crippen molar-refractivity contribution in [2.24, 2.45) is 0 Å². The fraction of sp³-hybridized carbons (Fsp3) is 0.391. The lowest BCUT2D eigenvalue weighted by molar-refractivity contribution is 0.0305. The van der Waals surface area contributed by atoms with Gasteiger partial charge in [-0.15, -0.1) is 6.58 Å². The summed E-state index contributed by atoms with van der Waals surface area (Å²) in [4.78, 5) is 5.08. The van der Waals surface area contributed by atoms with Crippen LogP contribution in [-0.4, -0.2) is 46.6 Å². The van der Waals surface area contributed by atoms with Crippen LogP contribution in [0.3, 0.4) is 0 Å². The van der Waals surface area contributed by atoms with Gasteiger partial charge < -0.3 is 5.11 Å². The molecule has 3 rings (SSSR count). The topological polar surface area (TPSA) is 26.7 Å². The van der Waals surface area contributed by atoms with E-state index < -0.39 is 0 Å².